The molecule has 1 N–H and O–H groups in total. The van der Waals surface area contributed by atoms with Crippen LogP contribution in [0.4, 0.5) is 0 Å². The van der Waals surface area contributed by atoms with Crippen LogP contribution in [-0.2, 0) is 0 Å². The van der Waals surface area contributed by atoms with Gasteiger partial charge in [0.15, 0.2) is 0 Å². The van der Waals surface area contributed by atoms with Crippen LogP contribution in [0.3, 0.4) is 0 Å². The Labute approximate surface area is 61.1 Å². The molecule has 0 aliphatic carbocycles. The van der Waals surface area contributed by atoms with E-state index in [0.717, 1.165) is 5.92 Å². The van der Waals surface area contributed by atoms with Crippen LogP contribution in [0.15, 0.2) is 0 Å². The molecule has 0 aromatic rings. The van der Waals surface area contributed by atoms with Gasteiger partial charge in [0, 0.05) is 0 Å². The van der Waals surface area contributed by atoms with E-state index >= 15 is 0 Å². The number of hydrogen-bond donors (Lipinski definition) is 1. The van der Waals surface area contributed by atoms with Gasteiger partial charge in [-0.1, -0.05) is 28.2 Å². The summed E-state index contributed by atoms with van der Waals surface area (Å²) in [5.74, 6) is 0.833. The average molecular weight is 134 g/mol. The van der Waals surface area contributed by atoms with E-state index < -0.39 is 0 Å². The van der Waals surface area contributed by atoms with Crippen molar-refractivity contribution in [3.63, 3.8) is 0 Å². The highest BCUT2D eigenvalue weighted by atomic mass is 15.0. The second-order valence-corrected chi connectivity index (χ2v) is 3.23. The minimum absolute atomic E-state index is 0. The summed E-state index contributed by atoms with van der Waals surface area (Å²) in [7, 11) is 6.25. The van der Waals surface area contributed by atoms with Crippen molar-refractivity contribution in [2.24, 2.45) is 5.92 Å². The lowest BCUT2D eigenvalue weighted by Gasteiger charge is -1.88. The molecule has 0 fully saturated rings. The first-order chi connectivity index (χ1) is 3.46. The molecule has 0 aliphatic heterocycles. The molecule has 0 radical (unpaired) electrons. The van der Waals surface area contributed by atoms with Crippen LogP contribution < -0.4 is 4.90 Å². The van der Waals surface area contributed by atoms with Gasteiger partial charge in [0.1, 0.15) is 0 Å². The Bertz CT molecular complexity index is 20.0. The lowest BCUT2D eigenvalue weighted by Crippen LogP contribution is -3.02. The SMILES string of the molecule is C.CC(C)C.C[NH+](C)C. The second kappa shape index (κ2) is 10.9. The van der Waals surface area contributed by atoms with Gasteiger partial charge in [-0.25, -0.2) is 0 Å². The van der Waals surface area contributed by atoms with E-state index in [4.69, 9.17) is 0 Å². The fourth-order valence-corrected chi connectivity index (χ4v) is 0. The lowest BCUT2D eigenvalue weighted by atomic mass is 10.3. The summed E-state index contributed by atoms with van der Waals surface area (Å²) in [4.78, 5) is 1.42. The zero-order valence-electron chi connectivity index (χ0n) is 7.08. The topological polar surface area (TPSA) is 4.44 Å². The van der Waals surface area contributed by atoms with Gasteiger partial charge in [-0.2, -0.15) is 0 Å². The molecule has 0 saturated heterocycles. The Balaban J connectivity index is -0.0000000720. The summed E-state index contributed by atoms with van der Waals surface area (Å²) >= 11 is 0. The molecule has 0 aromatic carbocycles. The zero-order valence-corrected chi connectivity index (χ0v) is 7.08. The van der Waals surface area contributed by atoms with Crippen molar-refractivity contribution in [3.8, 4) is 0 Å². The molecule has 0 unspecified atom stereocenters. The smallest absolute Gasteiger partial charge is 0.0661 e. The van der Waals surface area contributed by atoms with E-state index in [1.54, 1.807) is 0 Å². The molecule has 0 spiro atoms. The normalized spacial score (nSPS) is 8.00. The van der Waals surface area contributed by atoms with Gasteiger partial charge in [0.05, 0.1) is 21.1 Å². The predicted octanol–water partition coefficient (Wildman–Crippen LogP) is 1.06. The molecule has 1 heteroatoms. The minimum atomic E-state index is 0. The average Bonchev–Trinajstić information content (AvgIpc) is 1.25. The van der Waals surface area contributed by atoms with Crippen molar-refractivity contribution >= 4 is 0 Å². The van der Waals surface area contributed by atoms with Crippen molar-refractivity contribution in [1.82, 2.24) is 0 Å². The predicted molar refractivity (Wildman–Crippen MR) is 46.0 cm³/mol. The van der Waals surface area contributed by atoms with Gasteiger partial charge in [-0.05, 0) is 5.92 Å². The quantitative estimate of drug-likeness (QED) is 0.505. The maximum absolute atomic E-state index is 2.17. The molecule has 0 aliphatic rings. The Morgan fingerprint density at radius 2 is 0.889 bits per heavy atom. The molecule has 1 nitrogen and oxygen atoms in total. The maximum atomic E-state index is 2.17. The Kier molecular flexibility index (Phi) is 19.3. The van der Waals surface area contributed by atoms with Crippen molar-refractivity contribution in [1.29, 1.82) is 0 Å². The molecular weight excluding hydrogens is 110 g/mol. The molecule has 60 valence electrons. The third-order valence-electron chi connectivity index (χ3n) is 0. The van der Waals surface area contributed by atoms with Gasteiger partial charge in [0.2, 0.25) is 0 Å². The third-order valence-corrected chi connectivity index (χ3v) is 0. The first kappa shape index (κ1) is 16.0. The fraction of sp³-hybridized carbons (Fsp3) is 1.00. The summed E-state index contributed by atoms with van der Waals surface area (Å²) in [6, 6.07) is 0. The first-order valence-electron chi connectivity index (χ1n) is 3.23. The van der Waals surface area contributed by atoms with Crippen LogP contribution in [-0.4, -0.2) is 21.1 Å². The van der Waals surface area contributed by atoms with E-state index in [1.807, 2.05) is 0 Å². The summed E-state index contributed by atoms with van der Waals surface area (Å²) in [5.41, 5.74) is 0. The van der Waals surface area contributed by atoms with Crippen molar-refractivity contribution in [3.05, 3.63) is 0 Å². The molecule has 0 atom stereocenters. The molecule has 0 aromatic heterocycles. The second-order valence-electron chi connectivity index (χ2n) is 3.23. The summed E-state index contributed by atoms with van der Waals surface area (Å²) < 4.78 is 0. The standard InChI is InChI=1S/C4H10.C3H9N.CH4/c2*1-4(2)3;/h4H,1-3H3;1-3H3;1H4/p+1. The van der Waals surface area contributed by atoms with Crippen molar-refractivity contribution in [2.75, 3.05) is 21.1 Å². The summed E-state index contributed by atoms with van der Waals surface area (Å²) in [6.07, 6.45) is 0. The molecule has 0 bridgehead atoms. The van der Waals surface area contributed by atoms with Gasteiger partial charge in [0.25, 0.3) is 0 Å². The molecule has 9 heavy (non-hydrogen) atoms. The Morgan fingerprint density at radius 3 is 0.889 bits per heavy atom. The number of rotatable bonds is 0. The summed E-state index contributed by atoms with van der Waals surface area (Å²) in [6.45, 7) is 6.50. The highest BCUT2D eigenvalue weighted by molar-refractivity contribution is 4.20. The monoisotopic (exact) mass is 134 g/mol. The maximum Gasteiger partial charge on any atom is 0.0661 e. The van der Waals surface area contributed by atoms with Gasteiger partial charge in [-0.15, -0.1) is 0 Å². The largest absolute Gasteiger partial charge is 0.342 e. The third kappa shape index (κ3) is 177000. The van der Waals surface area contributed by atoms with E-state index in [-0.39, 0.29) is 7.43 Å². The van der Waals surface area contributed by atoms with E-state index in [1.165, 1.54) is 4.90 Å². The minimum Gasteiger partial charge on any atom is -0.342 e. The van der Waals surface area contributed by atoms with Gasteiger partial charge in [-0.3, -0.25) is 0 Å². The first-order valence-corrected chi connectivity index (χ1v) is 3.23. The van der Waals surface area contributed by atoms with Crippen LogP contribution in [0.1, 0.15) is 28.2 Å². The molecule has 0 heterocycles. The summed E-state index contributed by atoms with van der Waals surface area (Å²) in [5, 5.41) is 0. The number of nitrogens with one attached hydrogen (secondary N) is 1. The van der Waals surface area contributed by atoms with Crippen molar-refractivity contribution < 1.29 is 4.90 Å². The molecular formula is C8H24N+. The van der Waals surface area contributed by atoms with E-state index in [9.17, 15) is 0 Å². The van der Waals surface area contributed by atoms with Crippen LogP contribution in [0.2, 0.25) is 0 Å². The fourth-order valence-electron chi connectivity index (χ4n) is 0. The molecule has 0 saturated carbocycles. The van der Waals surface area contributed by atoms with E-state index in [0.29, 0.717) is 0 Å². The Hall–Kier alpha value is -0.0400. The molecule has 0 rings (SSSR count). The highest BCUT2D eigenvalue weighted by Crippen LogP contribution is 1.81. The lowest BCUT2D eigenvalue weighted by molar-refractivity contribution is -0.836. The number of quaternary nitrogens is 1. The van der Waals surface area contributed by atoms with Crippen LogP contribution in [0.25, 0.3) is 0 Å². The highest BCUT2D eigenvalue weighted by Gasteiger charge is 1.68. The van der Waals surface area contributed by atoms with Crippen molar-refractivity contribution in [2.45, 2.75) is 28.2 Å². The van der Waals surface area contributed by atoms with Crippen LogP contribution in [0.5, 0.6) is 0 Å². The van der Waals surface area contributed by atoms with Gasteiger partial charge < -0.3 is 4.90 Å². The van der Waals surface area contributed by atoms with Crippen LogP contribution >= 0.6 is 0 Å². The van der Waals surface area contributed by atoms with Crippen LogP contribution in [0, 0.1) is 5.92 Å². The number of hydrogen-bond acceptors (Lipinski definition) is 0. The zero-order chi connectivity index (χ0) is 7.15. The Morgan fingerprint density at radius 1 is 0.889 bits per heavy atom. The van der Waals surface area contributed by atoms with Gasteiger partial charge >= 0.3 is 0 Å². The molecule has 0 amide bonds. The van der Waals surface area contributed by atoms with E-state index in [2.05, 4.69) is 41.9 Å².